The molecule has 0 aliphatic rings. The van der Waals surface area contributed by atoms with Crippen molar-refractivity contribution in [1.29, 1.82) is 0 Å². The average Bonchev–Trinajstić information content (AvgIpc) is 2.98. The van der Waals surface area contributed by atoms with Crippen LogP contribution in [0.1, 0.15) is 96.3 Å². The molecule has 0 aliphatic carbocycles. The van der Waals surface area contributed by atoms with Gasteiger partial charge in [0.25, 0.3) is 0 Å². The van der Waals surface area contributed by atoms with Crippen molar-refractivity contribution >= 4 is 23.8 Å². The summed E-state index contributed by atoms with van der Waals surface area (Å²) in [4.78, 5) is 37.8. The molecule has 0 N–H and O–H groups in total. The second kappa shape index (κ2) is 17.4. The van der Waals surface area contributed by atoms with Crippen molar-refractivity contribution in [2.45, 2.75) is 88.2 Å². The number of esters is 2. The lowest BCUT2D eigenvalue weighted by Gasteiger charge is -2.23. The Labute approximate surface area is 274 Å². The van der Waals surface area contributed by atoms with E-state index < -0.39 is 16.8 Å². The van der Waals surface area contributed by atoms with E-state index in [2.05, 4.69) is 0 Å². The van der Waals surface area contributed by atoms with E-state index >= 15 is 0 Å². The van der Waals surface area contributed by atoms with Crippen LogP contribution in [0.4, 0.5) is 0 Å². The largest absolute Gasteiger partial charge is 0.490 e. The summed E-state index contributed by atoms with van der Waals surface area (Å²) < 4.78 is 28.6. The van der Waals surface area contributed by atoms with Crippen LogP contribution in [0.25, 0.3) is 6.08 Å². The maximum atomic E-state index is 13.3. The van der Waals surface area contributed by atoms with Gasteiger partial charge < -0.3 is 23.7 Å². The first kappa shape index (κ1) is 37.9. The number of hydrogen-bond donors (Lipinski definition) is 0. The van der Waals surface area contributed by atoms with Gasteiger partial charge in [-0.3, -0.25) is 14.4 Å². The Bertz CT molecular complexity index is 1410. The molecule has 8 nitrogen and oxygen atoms in total. The quantitative estimate of drug-likeness (QED) is 0.0633. The first-order valence-electron chi connectivity index (χ1n) is 15.6. The number of hydrogen-bond acceptors (Lipinski definition) is 8. The highest BCUT2D eigenvalue weighted by Gasteiger charge is 2.25. The fraction of sp³-hybridized carbons (Fsp3) is 0.447. The van der Waals surface area contributed by atoms with Gasteiger partial charge in [-0.2, -0.15) is 0 Å². The van der Waals surface area contributed by atoms with E-state index in [1.807, 2.05) is 58.1 Å². The number of rotatable bonds is 15. The summed E-state index contributed by atoms with van der Waals surface area (Å²) in [7, 11) is 0. The third-order valence-corrected chi connectivity index (χ3v) is 6.50. The lowest BCUT2D eigenvalue weighted by molar-refractivity contribution is -0.160. The van der Waals surface area contributed by atoms with Crippen LogP contribution >= 0.6 is 0 Å². The van der Waals surface area contributed by atoms with Gasteiger partial charge in [-0.15, -0.1) is 0 Å². The molecule has 0 saturated carbocycles. The molecule has 0 unspecified atom stereocenters. The third-order valence-electron chi connectivity index (χ3n) is 6.50. The minimum Gasteiger partial charge on any atom is -0.490 e. The summed E-state index contributed by atoms with van der Waals surface area (Å²) in [5, 5.41) is 0. The van der Waals surface area contributed by atoms with Crippen molar-refractivity contribution in [1.82, 2.24) is 0 Å². The molecular formula is C38H50O8. The molecule has 0 bridgehead atoms. The fourth-order valence-corrected chi connectivity index (χ4v) is 3.98. The zero-order chi connectivity index (χ0) is 34.5. The van der Waals surface area contributed by atoms with Gasteiger partial charge in [0.05, 0.1) is 22.5 Å². The Kier molecular flexibility index (Phi) is 14.3. The number of ketones is 1. The van der Waals surface area contributed by atoms with Crippen LogP contribution in [-0.2, 0) is 31.9 Å². The molecule has 250 valence electrons. The van der Waals surface area contributed by atoms with Crippen molar-refractivity contribution in [3.05, 3.63) is 83.0 Å². The minimum absolute atomic E-state index is 0.157. The molecular weight excluding hydrogens is 584 g/mol. The standard InChI is InChI=1S/C38H50O8/c1-11-13-15-28-23-29(16-14-12-2)34(46-26(3)4)31(33(28)43-25-45-36(41)38(8,9)10)21-22-32(39)27-17-19-30(20-18-27)42-24-44-35(40)37(5,6)7/h11-14,17-23,26H,15-16,24-25H2,1-10H3/b13-11+,14-12+,22-21+. The summed E-state index contributed by atoms with van der Waals surface area (Å²) in [6, 6.07) is 8.61. The number of allylic oxidation sites excluding steroid dienone is 5. The Balaban J connectivity index is 2.49. The molecule has 8 heteroatoms. The van der Waals surface area contributed by atoms with Gasteiger partial charge in [-0.1, -0.05) is 24.3 Å². The summed E-state index contributed by atoms with van der Waals surface area (Å²) in [5.41, 5.74) is 1.49. The van der Waals surface area contributed by atoms with E-state index in [9.17, 15) is 14.4 Å². The zero-order valence-electron chi connectivity index (χ0n) is 29.0. The first-order valence-corrected chi connectivity index (χ1v) is 15.6. The highest BCUT2D eigenvalue weighted by Crippen LogP contribution is 2.39. The third kappa shape index (κ3) is 11.9. The zero-order valence-corrected chi connectivity index (χ0v) is 29.0. The normalized spacial score (nSPS) is 12.2. The molecule has 0 heterocycles. The maximum absolute atomic E-state index is 13.3. The number of carbonyl (C=O) groups excluding carboxylic acids is 3. The van der Waals surface area contributed by atoms with Crippen molar-refractivity contribution in [3.63, 3.8) is 0 Å². The topological polar surface area (TPSA) is 97.4 Å². The molecule has 0 radical (unpaired) electrons. The molecule has 0 atom stereocenters. The van der Waals surface area contributed by atoms with Gasteiger partial charge in [0, 0.05) is 5.56 Å². The molecule has 2 rings (SSSR count). The fourth-order valence-electron chi connectivity index (χ4n) is 3.98. The smallest absolute Gasteiger partial charge is 0.314 e. The Morgan fingerprint density at radius 3 is 1.72 bits per heavy atom. The van der Waals surface area contributed by atoms with E-state index in [4.69, 9.17) is 23.7 Å². The van der Waals surface area contributed by atoms with Crippen LogP contribution in [0.15, 0.2) is 60.7 Å². The summed E-state index contributed by atoms with van der Waals surface area (Å²) in [6.07, 6.45) is 12.2. The second-order valence-corrected chi connectivity index (χ2v) is 13.1. The van der Waals surface area contributed by atoms with E-state index in [1.54, 1.807) is 71.9 Å². The van der Waals surface area contributed by atoms with Crippen LogP contribution in [-0.4, -0.2) is 37.4 Å². The van der Waals surface area contributed by atoms with E-state index in [-0.39, 0.29) is 31.4 Å². The van der Waals surface area contributed by atoms with Gasteiger partial charge in [-0.05, 0) is 136 Å². The minimum atomic E-state index is -0.688. The highest BCUT2D eigenvalue weighted by atomic mass is 16.7. The van der Waals surface area contributed by atoms with Gasteiger partial charge in [-0.25, -0.2) is 0 Å². The summed E-state index contributed by atoms with van der Waals surface area (Å²) in [5.74, 6) is 0.507. The van der Waals surface area contributed by atoms with E-state index in [0.29, 0.717) is 41.2 Å². The Morgan fingerprint density at radius 2 is 1.24 bits per heavy atom. The molecule has 0 fully saturated rings. The molecule has 0 aromatic heterocycles. The number of carbonyl (C=O) groups is 3. The summed E-state index contributed by atoms with van der Waals surface area (Å²) in [6.45, 7) is 17.9. The van der Waals surface area contributed by atoms with E-state index in [1.165, 1.54) is 6.08 Å². The molecule has 0 saturated heterocycles. The predicted octanol–water partition coefficient (Wildman–Crippen LogP) is 8.46. The molecule has 2 aromatic rings. The first-order chi connectivity index (χ1) is 21.6. The van der Waals surface area contributed by atoms with Gasteiger partial charge in [0.2, 0.25) is 13.6 Å². The monoisotopic (exact) mass is 634 g/mol. The lowest BCUT2D eigenvalue weighted by Crippen LogP contribution is -2.25. The molecule has 0 spiro atoms. The van der Waals surface area contributed by atoms with Gasteiger partial charge in [0.1, 0.15) is 17.2 Å². The maximum Gasteiger partial charge on any atom is 0.314 e. The molecule has 46 heavy (non-hydrogen) atoms. The van der Waals surface area contributed by atoms with Crippen LogP contribution in [0.3, 0.4) is 0 Å². The van der Waals surface area contributed by atoms with Crippen LogP contribution in [0, 0.1) is 10.8 Å². The average molecular weight is 635 g/mol. The van der Waals surface area contributed by atoms with Gasteiger partial charge in [0.15, 0.2) is 5.78 Å². The van der Waals surface area contributed by atoms with Crippen molar-refractivity contribution in [2.24, 2.45) is 10.8 Å². The molecule has 0 amide bonds. The molecule has 2 aromatic carbocycles. The van der Waals surface area contributed by atoms with Crippen LogP contribution in [0.5, 0.6) is 17.2 Å². The highest BCUT2D eigenvalue weighted by molar-refractivity contribution is 6.07. The Morgan fingerprint density at radius 1 is 0.739 bits per heavy atom. The lowest BCUT2D eigenvalue weighted by atomic mass is 9.96. The number of benzene rings is 2. The second-order valence-electron chi connectivity index (χ2n) is 13.1. The Hall–Kier alpha value is -4.33. The molecule has 0 aliphatic heterocycles. The van der Waals surface area contributed by atoms with Crippen LogP contribution in [0.2, 0.25) is 0 Å². The SMILES string of the molecule is C/C=C/Cc1cc(C/C=C/C)c(OC(C)C)c(/C=C/C(=O)c2ccc(OCOC(=O)C(C)(C)C)cc2)c1OCOC(=O)C(C)(C)C. The predicted molar refractivity (Wildman–Crippen MR) is 181 cm³/mol. The van der Waals surface area contributed by atoms with Gasteiger partial charge >= 0.3 is 11.9 Å². The number of ether oxygens (including phenoxy) is 5. The van der Waals surface area contributed by atoms with Crippen molar-refractivity contribution in [3.8, 4) is 17.2 Å². The van der Waals surface area contributed by atoms with Crippen molar-refractivity contribution in [2.75, 3.05) is 13.6 Å². The van der Waals surface area contributed by atoms with E-state index in [0.717, 1.165) is 11.1 Å². The van der Waals surface area contributed by atoms with Crippen LogP contribution < -0.4 is 14.2 Å². The summed E-state index contributed by atoms with van der Waals surface area (Å²) >= 11 is 0. The van der Waals surface area contributed by atoms with Crippen molar-refractivity contribution < 1.29 is 38.1 Å².